The third-order valence-electron chi connectivity index (χ3n) is 5.75. The number of carbonyl (C=O) groups excluding carboxylic acids is 3. The lowest BCUT2D eigenvalue weighted by atomic mass is 9.79. The van der Waals surface area contributed by atoms with Crippen LogP contribution in [0.3, 0.4) is 0 Å². The Hall–Kier alpha value is -2.17. The van der Waals surface area contributed by atoms with Gasteiger partial charge in [0.15, 0.2) is 0 Å². The van der Waals surface area contributed by atoms with Crippen molar-refractivity contribution in [2.75, 3.05) is 5.32 Å². The fraction of sp³-hybridized carbons (Fsp3) is 0.571. The Morgan fingerprint density at radius 2 is 1.85 bits per heavy atom. The number of anilines is 1. The van der Waals surface area contributed by atoms with Crippen LogP contribution in [-0.4, -0.2) is 17.7 Å². The minimum Gasteiger partial charge on any atom is -0.326 e. The molecular formula is C21H28N2O3. The van der Waals surface area contributed by atoms with Gasteiger partial charge in [-0.05, 0) is 36.0 Å². The Kier molecular flexibility index (Phi) is 6.07. The van der Waals surface area contributed by atoms with Gasteiger partial charge in [0.05, 0.1) is 5.92 Å². The summed E-state index contributed by atoms with van der Waals surface area (Å²) in [4.78, 5) is 35.2. The fourth-order valence-corrected chi connectivity index (χ4v) is 4.15. The van der Waals surface area contributed by atoms with Gasteiger partial charge in [0.1, 0.15) is 0 Å². The molecule has 1 aliphatic heterocycles. The maximum absolute atomic E-state index is 12.3. The van der Waals surface area contributed by atoms with Gasteiger partial charge in [-0.2, -0.15) is 0 Å². The molecule has 2 N–H and O–H groups in total. The van der Waals surface area contributed by atoms with E-state index in [1.165, 1.54) is 32.1 Å². The highest BCUT2D eigenvalue weighted by molar-refractivity contribution is 6.03. The first kappa shape index (κ1) is 18.6. The zero-order valence-corrected chi connectivity index (χ0v) is 15.4. The van der Waals surface area contributed by atoms with Crippen molar-refractivity contribution in [3.8, 4) is 0 Å². The van der Waals surface area contributed by atoms with Crippen LogP contribution in [0.25, 0.3) is 0 Å². The molecule has 140 valence electrons. The topological polar surface area (TPSA) is 75.3 Å². The molecule has 1 saturated carbocycles. The molecule has 3 amide bonds. The average Bonchev–Trinajstić information content (AvgIpc) is 2.94. The molecule has 2 atom stereocenters. The summed E-state index contributed by atoms with van der Waals surface area (Å²) in [5.41, 5.74) is 1.77. The largest absolute Gasteiger partial charge is 0.326 e. The Morgan fingerprint density at radius 3 is 2.46 bits per heavy atom. The number of amides is 3. The third kappa shape index (κ3) is 4.93. The van der Waals surface area contributed by atoms with E-state index in [9.17, 15) is 14.4 Å². The highest BCUT2D eigenvalue weighted by atomic mass is 16.2. The van der Waals surface area contributed by atoms with Gasteiger partial charge in [-0.25, -0.2) is 0 Å². The number of imide groups is 1. The van der Waals surface area contributed by atoms with Crippen LogP contribution in [0.1, 0.15) is 57.4 Å². The van der Waals surface area contributed by atoms with E-state index in [1.54, 1.807) is 0 Å². The molecule has 1 saturated heterocycles. The number of rotatable bonds is 6. The van der Waals surface area contributed by atoms with E-state index >= 15 is 0 Å². The summed E-state index contributed by atoms with van der Waals surface area (Å²) in [6, 6.07) is 7.56. The lowest BCUT2D eigenvalue weighted by Crippen LogP contribution is -2.23. The summed E-state index contributed by atoms with van der Waals surface area (Å²) in [5, 5.41) is 5.31. The minimum absolute atomic E-state index is 0.0663. The van der Waals surface area contributed by atoms with Gasteiger partial charge in [-0.3, -0.25) is 19.7 Å². The Bertz CT molecular complexity index is 662. The molecule has 5 nitrogen and oxygen atoms in total. The molecular weight excluding hydrogens is 328 g/mol. The van der Waals surface area contributed by atoms with Gasteiger partial charge in [0, 0.05) is 18.5 Å². The molecule has 1 heterocycles. The van der Waals surface area contributed by atoms with E-state index in [-0.39, 0.29) is 30.1 Å². The van der Waals surface area contributed by atoms with Crippen molar-refractivity contribution in [2.24, 2.45) is 17.8 Å². The number of nitrogens with one attached hydrogen (secondary N) is 2. The molecule has 5 heteroatoms. The molecule has 2 aliphatic rings. The second-order valence-electron chi connectivity index (χ2n) is 7.84. The molecule has 3 rings (SSSR count). The van der Waals surface area contributed by atoms with Crippen LogP contribution in [0, 0.1) is 17.8 Å². The van der Waals surface area contributed by atoms with E-state index in [1.807, 2.05) is 24.3 Å². The van der Waals surface area contributed by atoms with Gasteiger partial charge in [0.2, 0.25) is 17.7 Å². The first-order valence-electron chi connectivity index (χ1n) is 9.74. The second-order valence-corrected chi connectivity index (χ2v) is 7.84. The number of hydrogen-bond donors (Lipinski definition) is 2. The van der Waals surface area contributed by atoms with E-state index in [0.717, 1.165) is 11.3 Å². The molecule has 0 radical (unpaired) electrons. The standard InChI is InChI=1S/C21H28N2O3/c1-14(16-5-3-2-4-6-16)11-19(24)22-18-9-7-15(8-10-18)12-17-13-20(25)23-21(17)26/h7-10,14,16-17H,2-6,11-13H2,1H3,(H,22,24)(H,23,25,26). The summed E-state index contributed by atoms with van der Waals surface area (Å²) in [5.74, 6) is 0.501. The highest BCUT2D eigenvalue weighted by Crippen LogP contribution is 2.31. The molecule has 26 heavy (non-hydrogen) atoms. The molecule has 0 spiro atoms. The van der Waals surface area contributed by atoms with Crippen LogP contribution in [0.4, 0.5) is 5.69 Å². The highest BCUT2D eigenvalue weighted by Gasteiger charge is 2.30. The summed E-state index contributed by atoms with van der Waals surface area (Å²) in [6.45, 7) is 2.19. The number of benzene rings is 1. The van der Waals surface area contributed by atoms with Gasteiger partial charge >= 0.3 is 0 Å². The summed E-state index contributed by atoms with van der Waals surface area (Å²) >= 11 is 0. The molecule has 2 fully saturated rings. The zero-order chi connectivity index (χ0) is 18.5. The maximum atomic E-state index is 12.3. The Labute approximate surface area is 154 Å². The van der Waals surface area contributed by atoms with Crippen LogP contribution >= 0.6 is 0 Å². The molecule has 2 unspecified atom stereocenters. The minimum atomic E-state index is -0.278. The molecule has 0 bridgehead atoms. The Morgan fingerprint density at radius 1 is 1.15 bits per heavy atom. The molecule has 1 aromatic rings. The summed E-state index contributed by atoms with van der Waals surface area (Å²) in [7, 11) is 0. The monoisotopic (exact) mass is 356 g/mol. The lowest BCUT2D eigenvalue weighted by Gasteiger charge is -2.27. The third-order valence-corrected chi connectivity index (χ3v) is 5.75. The Balaban J connectivity index is 1.48. The van der Waals surface area contributed by atoms with Crippen molar-refractivity contribution in [3.05, 3.63) is 29.8 Å². The first-order valence-corrected chi connectivity index (χ1v) is 9.74. The number of carbonyl (C=O) groups is 3. The van der Waals surface area contributed by atoms with Gasteiger partial charge in [0.25, 0.3) is 0 Å². The van der Waals surface area contributed by atoms with Crippen molar-refractivity contribution in [1.29, 1.82) is 0 Å². The van der Waals surface area contributed by atoms with Crippen LogP contribution in [0.15, 0.2) is 24.3 Å². The maximum Gasteiger partial charge on any atom is 0.230 e. The zero-order valence-electron chi connectivity index (χ0n) is 15.4. The predicted octanol–water partition coefficient (Wildman–Crippen LogP) is 3.44. The van der Waals surface area contributed by atoms with Crippen molar-refractivity contribution >= 4 is 23.4 Å². The number of hydrogen-bond acceptors (Lipinski definition) is 3. The van der Waals surface area contributed by atoms with Gasteiger partial charge in [-0.1, -0.05) is 51.2 Å². The normalized spacial score (nSPS) is 22.1. The smallest absolute Gasteiger partial charge is 0.230 e. The van der Waals surface area contributed by atoms with Crippen molar-refractivity contribution < 1.29 is 14.4 Å². The first-order chi connectivity index (χ1) is 12.5. The average molecular weight is 356 g/mol. The summed E-state index contributed by atoms with van der Waals surface area (Å²) < 4.78 is 0. The SMILES string of the molecule is CC(CC(=O)Nc1ccc(CC2CC(=O)NC2=O)cc1)C1CCCCC1. The molecule has 0 aromatic heterocycles. The van der Waals surface area contributed by atoms with Crippen molar-refractivity contribution in [1.82, 2.24) is 5.32 Å². The fourth-order valence-electron chi connectivity index (χ4n) is 4.15. The molecule has 1 aromatic carbocycles. The van der Waals surface area contributed by atoms with Crippen LogP contribution < -0.4 is 10.6 Å². The predicted molar refractivity (Wildman–Crippen MR) is 100 cm³/mol. The molecule has 1 aliphatic carbocycles. The van der Waals surface area contributed by atoms with Crippen LogP contribution in [0.2, 0.25) is 0 Å². The summed E-state index contributed by atoms with van der Waals surface area (Å²) in [6.07, 6.45) is 7.79. The van der Waals surface area contributed by atoms with Crippen LogP contribution in [0.5, 0.6) is 0 Å². The van der Waals surface area contributed by atoms with E-state index < -0.39 is 0 Å². The van der Waals surface area contributed by atoms with Crippen molar-refractivity contribution in [3.63, 3.8) is 0 Å². The van der Waals surface area contributed by atoms with Crippen LogP contribution in [-0.2, 0) is 20.8 Å². The van der Waals surface area contributed by atoms with Gasteiger partial charge in [-0.15, -0.1) is 0 Å². The quantitative estimate of drug-likeness (QED) is 0.767. The lowest BCUT2D eigenvalue weighted by molar-refractivity contribution is -0.125. The van der Waals surface area contributed by atoms with Crippen molar-refractivity contribution in [2.45, 2.75) is 58.3 Å². The van der Waals surface area contributed by atoms with E-state index in [0.29, 0.717) is 24.7 Å². The van der Waals surface area contributed by atoms with E-state index in [4.69, 9.17) is 0 Å². The second kappa shape index (κ2) is 8.47. The van der Waals surface area contributed by atoms with E-state index in [2.05, 4.69) is 17.6 Å². The van der Waals surface area contributed by atoms with Gasteiger partial charge < -0.3 is 5.32 Å².